The van der Waals surface area contributed by atoms with Crippen LogP contribution in [0.1, 0.15) is 36.6 Å². The molecule has 0 aromatic carbocycles. The van der Waals surface area contributed by atoms with Crippen molar-refractivity contribution >= 4 is 17.3 Å². The van der Waals surface area contributed by atoms with Gasteiger partial charge in [0.1, 0.15) is 0 Å². The topological polar surface area (TPSA) is 70.4 Å². The molecule has 0 radical (unpaired) electrons. The van der Waals surface area contributed by atoms with Crippen molar-refractivity contribution in [2.24, 2.45) is 0 Å². The van der Waals surface area contributed by atoms with Crippen LogP contribution in [0, 0.1) is 0 Å². The Morgan fingerprint density at radius 3 is 2.67 bits per heavy atom. The summed E-state index contributed by atoms with van der Waals surface area (Å²) in [6, 6.07) is 0. The highest BCUT2D eigenvalue weighted by molar-refractivity contribution is 7.11. The van der Waals surface area contributed by atoms with E-state index < -0.39 is 11.6 Å². The molecule has 1 aromatic heterocycles. The van der Waals surface area contributed by atoms with Crippen molar-refractivity contribution in [1.29, 1.82) is 0 Å². The summed E-state index contributed by atoms with van der Waals surface area (Å²) in [5, 5.41) is 19.3. The molecule has 1 heterocycles. The van der Waals surface area contributed by atoms with Crippen molar-refractivity contribution in [3.05, 3.63) is 16.1 Å². The van der Waals surface area contributed by atoms with E-state index in [1.165, 1.54) is 18.3 Å². The number of carboxylic acid groups (broad SMARTS) is 1. The number of nitrogens with zero attached hydrogens (tertiary/aromatic N) is 1. The molecule has 1 aromatic rings. The lowest BCUT2D eigenvalue weighted by Crippen LogP contribution is -2.36. The third-order valence-corrected chi connectivity index (χ3v) is 3.34. The van der Waals surface area contributed by atoms with Gasteiger partial charge in [0, 0.05) is 23.4 Å². The van der Waals surface area contributed by atoms with Crippen molar-refractivity contribution in [3.63, 3.8) is 0 Å². The molecular weight excluding hydrogens is 214 g/mol. The van der Waals surface area contributed by atoms with Gasteiger partial charge in [0.15, 0.2) is 5.60 Å². The second-order valence-electron chi connectivity index (χ2n) is 4.08. The Bertz CT molecular complexity index is 357. The maximum atomic E-state index is 10.7. The summed E-state index contributed by atoms with van der Waals surface area (Å²) < 4.78 is 0. The fourth-order valence-corrected chi connectivity index (χ4v) is 2.15. The molecule has 0 aliphatic carbocycles. The number of thiazole rings is 1. The molecule has 5 heteroatoms. The number of aliphatic carboxylic acids is 1. The van der Waals surface area contributed by atoms with Gasteiger partial charge in [-0.2, -0.15) is 0 Å². The van der Waals surface area contributed by atoms with Crippen molar-refractivity contribution in [3.8, 4) is 0 Å². The normalized spacial score (nSPS) is 15.3. The highest BCUT2D eigenvalue weighted by atomic mass is 32.1. The smallest absolute Gasteiger partial charge is 0.335 e. The molecule has 1 unspecified atom stereocenters. The molecule has 2 N–H and O–H groups in total. The average molecular weight is 229 g/mol. The molecule has 0 aliphatic heterocycles. The predicted octanol–water partition coefficient (Wildman–Crippen LogP) is 1.64. The fourth-order valence-electron chi connectivity index (χ4n) is 1.09. The number of aliphatic hydroxyl groups is 1. The number of rotatable bonds is 4. The molecule has 15 heavy (non-hydrogen) atoms. The van der Waals surface area contributed by atoms with Gasteiger partial charge in [0.2, 0.25) is 0 Å². The van der Waals surface area contributed by atoms with Crippen LogP contribution in [0.4, 0.5) is 0 Å². The van der Waals surface area contributed by atoms with Crippen LogP contribution in [0.15, 0.2) is 6.20 Å². The van der Waals surface area contributed by atoms with Gasteiger partial charge in [-0.1, -0.05) is 13.8 Å². The molecule has 0 amide bonds. The van der Waals surface area contributed by atoms with Crippen LogP contribution in [0.5, 0.6) is 0 Å². The van der Waals surface area contributed by atoms with E-state index in [9.17, 15) is 9.90 Å². The lowest BCUT2D eigenvalue weighted by atomic mass is 10.0. The molecule has 1 atom stereocenters. The first-order chi connectivity index (χ1) is 6.83. The van der Waals surface area contributed by atoms with Gasteiger partial charge in [-0.3, -0.25) is 0 Å². The Morgan fingerprint density at radius 2 is 2.27 bits per heavy atom. The van der Waals surface area contributed by atoms with Crippen molar-refractivity contribution < 1.29 is 15.0 Å². The first-order valence-electron chi connectivity index (χ1n) is 4.73. The van der Waals surface area contributed by atoms with Gasteiger partial charge < -0.3 is 10.2 Å². The fraction of sp³-hybridized carbons (Fsp3) is 0.600. The summed E-state index contributed by atoms with van der Waals surface area (Å²) in [5.74, 6) is -0.875. The van der Waals surface area contributed by atoms with Gasteiger partial charge in [0.05, 0.1) is 5.01 Å². The Balaban J connectivity index is 2.77. The minimum absolute atomic E-state index is 0.104. The summed E-state index contributed by atoms with van der Waals surface area (Å²) >= 11 is 1.45. The van der Waals surface area contributed by atoms with Gasteiger partial charge in [-0.05, 0) is 6.92 Å². The maximum absolute atomic E-state index is 10.7. The molecular formula is C10H15NO3S. The van der Waals surface area contributed by atoms with Crippen LogP contribution in [0.2, 0.25) is 0 Å². The first kappa shape index (κ1) is 12.1. The number of carbonyl (C=O) groups is 1. The molecule has 0 fully saturated rings. The Morgan fingerprint density at radius 1 is 1.67 bits per heavy atom. The highest BCUT2D eigenvalue weighted by Crippen LogP contribution is 2.24. The van der Waals surface area contributed by atoms with E-state index in [1.807, 2.05) is 13.8 Å². The molecule has 0 saturated heterocycles. The highest BCUT2D eigenvalue weighted by Gasteiger charge is 2.30. The third-order valence-electron chi connectivity index (χ3n) is 2.04. The van der Waals surface area contributed by atoms with Crippen molar-refractivity contribution in [2.75, 3.05) is 0 Å². The zero-order valence-corrected chi connectivity index (χ0v) is 9.84. The van der Waals surface area contributed by atoms with Crippen LogP contribution in [-0.2, 0) is 11.2 Å². The SMILES string of the molecule is CC(C)c1ncc(CC(C)(O)C(=O)O)s1. The van der Waals surface area contributed by atoms with E-state index in [4.69, 9.17) is 5.11 Å². The van der Waals surface area contributed by atoms with Crippen molar-refractivity contribution in [1.82, 2.24) is 4.98 Å². The van der Waals surface area contributed by atoms with Crippen molar-refractivity contribution in [2.45, 2.75) is 38.7 Å². The van der Waals surface area contributed by atoms with E-state index >= 15 is 0 Å². The van der Waals surface area contributed by atoms with E-state index in [2.05, 4.69) is 4.98 Å². The molecule has 0 spiro atoms. The lowest BCUT2D eigenvalue weighted by molar-refractivity contribution is -0.156. The van der Waals surface area contributed by atoms with Crippen LogP contribution in [0.25, 0.3) is 0 Å². The summed E-state index contributed by atoms with van der Waals surface area (Å²) in [7, 11) is 0. The van der Waals surface area contributed by atoms with E-state index in [0.717, 1.165) is 9.88 Å². The molecule has 0 bridgehead atoms. The Hall–Kier alpha value is -0.940. The largest absolute Gasteiger partial charge is 0.479 e. The van der Waals surface area contributed by atoms with Gasteiger partial charge in [0.25, 0.3) is 0 Å². The third kappa shape index (κ3) is 3.00. The van der Waals surface area contributed by atoms with Gasteiger partial charge in [-0.25, -0.2) is 9.78 Å². The minimum atomic E-state index is -1.71. The van der Waals surface area contributed by atoms with E-state index in [-0.39, 0.29) is 6.42 Å². The monoisotopic (exact) mass is 229 g/mol. The average Bonchev–Trinajstić information content (AvgIpc) is 2.51. The number of hydrogen-bond donors (Lipinski definition) is 2. The zero-order valence-electron chi connectivity index (χ0n) is 9.02. The van der Waals surface area contributed by atoms with E-state index in [1.54, 1.807) is 6.20 Å². The standard InChI is InChI=1S/C10H15NO3S/c1-6(2)8-11-5-7(15-8)4-10(3,14)9(12)13/h5-6,14H,4H2,1-3H3,(H,12,13). The quantitative estimate of drug-likeness (QED) is 0.823. The lowest BCUT2D eigenvalue weighted by Gasteiger charge is -2.15. The van der Waals surface area contributed by atoms with Gasteiger partial charge in [-0.15, -0.1) is 11.3 Å². The van der Waals surface area contributed by atoms with Crippen LogP contribution < -0.4 is 0 Å². The Kier molecular flexibility index (Phi) is 3.46. The maximum Gasteiger partial charge on any atom is 0.335 e. The Labute approximate surface area is 92.6 Å². The molecule has 0 aliphatic rings. The second kappa shape index (κ2) is 4.28. The van der Waals surface area contributed by atoms with E-state index in [0.29, 0.717) is 5.92 Å². The summed E-state index contributed by atoms with van der Waals surface area (Å²) in [5.41, 5.74) is -1.71. The minimum Gasteiger partial charge on any atom is -0.479 e. The number of carboxylic acids is 1. The van der Waals surface area contributed by atoms with Crippen LogP contribution >= 0.6 is 11.3 Å². The second-order valence-corrected chi connectivity index (χ2v) is 5.22. The number of hydrogen-bond acceptors (Lipinski definition) is 4. The van der Waals surface area contributed by atoms with Crippen LogP contribution in [-0.4, -0.2) is 26.8 Å². The van der Waals surface area contributed by atoms with Crippen LogP contribution in [0.3, 0.4) is 0 Å². The molecule has 4 nitrogen and oxygen atoms in total. The van der Waals surface area contributed by atoms with Gasteiger partial charge >= 0.3 is 5.97 Å². The zero-order chi connectivity index (χ0) is 11.6. The summed E-state index contributed by atoms with van der Waals surface area (Å²) in [6.07, 6.45) is 1.74. The summed E-state index contributed by atoms with van der Waals surface area (Å²) in [4.78, 5) is 15.7. The number of aromatic nitrogens is 1. The first-order valence-corrected chi connectivity index (χ1v) is 5.55. The predicted molar refractivity (Wildman–Crippen MR) is 58.2 cm³/mol. The molecule has 1 rings (SSSR count). The molecule has 84 valence electrons. The summed E-state index contributed by atoms with van der Waals surface area (Å²) in [6.45, 7) is 5.35. The molecule has 0 saturated carbocycles.